The molecule has 8 heteroatoms. The second-order valence-corrected chi connectivity index (χ2v) is 8.44. The number of carbonyl (C=O) groups excluding carboxylic acids is 2. The van der Waals surface area contributed by atoms with Crippen LogP contribution in [-0.4, -0.2) is 30.2 Å². The summed E-state index contributed by atoms with van der Waals surface area (Å²) < 4.78 is 10.8. The zero-order chi connectivity index (χ0) is 27.2. The third-order valence-corrected chi connectivity index (χ3v) is 6.04. The maximum absolute atomic E-state index is 13.3. The minimum atomic E-state index is -0.558. The number of hydrogen-bond donors (Lipinski definition) is 2. The van der Waals surface area contributed by atoms with E-state index in [0.717, 1.165) is 10.9 Å². The number of carbonyl (C=O) groups is 2. The Morgan fingerprint density at radius 1 is 0.949 bits per heavy atom. The molecular weight excluding hydrogens is 492 g/mol. The lowest BCUT2D eigenvalue weighted by Gasteiger charge is -2.08. The number of hydrogen-bond acceptors (Lipinski definition) is 6. The number of aromatic nitrogens is 1. The number of methoxy groups -OCH3 is 1. The fourth-order valence-corrected chi connectivity index (χ4v) is 4.19. The fourth-order valence-electron chi connectivity index (χ4n) is 4.19. The van der Waals surface area contributed by atoms with E-state index in [9.17, 15) is 14.9 Å². The summed E-state index contributed by atoms with van der Waals surface area (Å²) in [7, 11) is 1.52. The largest absolute Gasteiger partial charge is 0.497 e. The van der Waals surface area contributed by atoms with Crippen LogP contribution < -0.4 is 14.9 Å². The van der Waals surface area contributed by atoms with Gasteiger partial charge in [-0.2, -0.15) is 10.4 Å². The van der Waals surface area contributed by atoms with Crippen molar-refractivity contribution in [3.63, 3.8) is 0 Å². The summed E-state index contributed by atoms with van der Waals surface area (Å²) in [6, 6.07) is 30.4. The van der Waals surface area contributed by atoms with Crippen molar-refractivity contribution in [2.24, 2.45) is 5.10 Å². The number of ether oxygens (including phenoxy) is 2. The van der Waals surface area contributed by atoms with E-state index in [0.29, 0.717) is 33.5 Å². The number of nitriles is 1. The molecule has 0 aliphatic rings. The minimum Gasteiger partial charge on any atom is -0.497 e. The topological polar surface area (TPSA) is 117 Å². The van der Waals surface area contributed by atoms with Crippen molar-refractivity contribution in [2.45, 2.75) is 0 Å². The van der Waals surface area contributed by atoms with Gasteiger partial charge >= 0.3 is 5.97 Å². The van der Waals surface area contributed by atoms with Gasteiger partial charge in [-0.15, -0.1) is 0 Å². The molecule has 1 heterocycles. The second-order valence-electron chi connectivity index (χ2n) is 8.44. The molecule has 0 aliphatic heterocycles. The molecule has 0 saturated carbocycles. The number of amides is 1. The number of fused-ring (bicyclic) bond motifs is 1. The van der Waals surface area contributed by atoms with E-state index < -0.39 is 11.9 Å². The van der Waals surface area contributed by atoms with Gasteiger partial charge in [-0.05, 0) is 42.0 Å². The van der Waals surface area contributed by atoms with Crippen LogP contribution in [0.1, 0.15) is 32.0 Å². The van der Waals surface area contributed by atoms with Gasteiger partial charge in [-0.1, -0.05) is 60.7 Å². The molecule has 0 fully saturated rings. The van der Waals surface area contributed by atoms with Crippen molar-refractivity contribution in [3.05, 3.63) is 119 Å². The normalized spacial score (nSPS) is 10.8. The number of H-pyrrole nitrogens is 1. The van der Waals surface area contributed by atoms with Crippen LogP contribution in [-0.2, 0) is 0 Å². The van der Waals surface area contributed by atoms with Crippen LogP contribution in [0.4, 0.5) is 0 Å². The van der Waals surface area contributed by atoms with Crippen LogP contribution >= 0.6 is 0 Å². The lowest BCUT2D eigenvalue weighted by Crippen LogP contribution is -2.19. The van der Waals surface area contributed by atoms with Crippen LogP contribution in [0.2, 0.25) is 0 Å². The molecule has 5 aromatic rings. The Morgan fingerprint density at radius 3 is 2.51 bits per heavy atom. The number of hydrazone groups is 1. The summed E-state index contributed by atoms with van der Waals surface area (Å²) in [5.41, 5.74) is 6.13. The second kappa shape index (κ2) is 11.2. The van der Waals surface area contributed by atoms with Crippen LogP contribution in [0.5, 0.6) is 11.5 Å². The number of nitrogens with one attached hydrogen (secondary N) is 2. The van der Waals surface area contributed by atoms with E-state index in [1.807, 2.05) is 36.4 Å². The van der Waals surface area contributed by atoms with Crippen LogP contribution in [0.3, 0.4) is 0 Å². The van der Waals surface area contributed by atoms with Crippen molar-refractivity contribution in [1.29, 1.82) is 5.26 Å². The molecule has 0 radical (unpaired) electrons. The summed E-state index contributed by atoms with van der Waals surface area (Å²) >= 11 is 0. The predicted octanol–water partition coefficient (Wildman–Crippen LogP) is 5.70. The van der Waals surface area contributed by atoms with Crippen LogP contribution in [0, 0.1) is 11.3 Å². The highest BCUT2D eigenvalue weighted by Crippen LogP contribution is 2.34. The Labute approximate surface area is 224 Å². The lowest BCUT2D eigenvalue weighted by molar-refractivity contribution is 0.0733. The van der Waals surface area contributed by atoms with Gasteiger partial charge in [-0.25, -0.2) is 10.2 Å². The summed E-state index contributed by atoms with van der Waals surface area (Å²) in [6.07, 6.45) is 1.40. The van der Waals surface area contributed by atoms with E-state index in [-0.39, 0.29) is 11.4 Å². The molecule has 0 aliphatic carbocycles. The van der Waals surface area contributed by atoms with Crippen molar-refractivity contribution in [3.8, 4) is 28.7 Å². The molecule has 4 aromatic carbocycles. The molecular formula is C31H22N4O4. The Bertz CT molecular complexity index is 1750. The lowest BCUT2D eigenvalue weighted by atomic mass is 10.0. The third-order valence-electron chi connectivity index (χ3n) is 6.04. The average Bonchev–Trinajstić information content (AvgIpc) is 3.38. The van der Waals surface area contributed by atoms with E-state index in [1.54, 1.807) is 60.7 Å². The zero-order valence-corrected chi connectivity index (χ0v) is 20.8. The first kappa shape index (κ1) is 25.0. The van der Waals surface area contributed by atoms with E-state index in [2.05, 4.69) is 21.6 Å². The predicted molar refractivity (Wildman–Crippen MR) is 148 cm³/mol. The number of aromatic amines is 1. The van der Waals surface area contributed by atoms with Crippen molar-refractivity contribution >= 4 is 29.0 Å². The maximum Gasteiger partial charge on any atom is 0.343 e. The average molecular weight is 515 g/mol. The highest BCUT2D eigenvalue weighted by atomic mass is 16.5. The van der Waals surface area contributed by atoms with Crippen molar-refractivity contribution < 1.29 is 19.1 Å². The number of esters is 1. The van der Waals surface area contributed by atoms with Gasteiger partial charge in [0.1, 0.15) is 23.3 Å². The molecule has 0 spiro atoms. The Morgan fingerprint density at radius 2 is 1.72 bits per heavy atom. The summed E-state index contributed by atoms with van der Waals surface area (Å²) in [4.78, 5) is 29.1. The first-order chi connectivity index (χ1) is 19.1. The van der Waals surface area contributed by atoms with Gasteiger partial charge in [0, 0.05) is 16.5 Å². The third kappa shape index (κ3) is 5.24. The first-order valence-corrected chi connectivity index (χ1v) is 12.0. The Hall–Kier alpha value is -5.68. The van der Waals surface area contributed by atoms with Crippen molar-refractivity contribution in [2.75, 3.05) is 7.11 Å². The van der Waals surface area contributed by atoms with Gasteiger partial charge in [0.2, 0.25) is 0 Å². The highest BCUT2D eigenvalue weighted by Gasteiger charge is 2.20. The molecule has 0 atom stereocenters. The standard InChI is InChI=1S/C31H22N4O4/c1-38-24-14-7-12-21(17-24)31(37)39-26-16-6-5-11-23(26)19-33-35-30(36)29-27(20-9-3-2-4-10-20)25-15-8-13-22(18-32)28(25)34-29/h2-17,19,34H,1H3,(H,35,36). The monoisotopic (exact) mass is 514 g/mol. The Balaban J connectivity index is 1.40. The molecule has 5 rings (SSSR count). The number of rotatable bonds is 7. The molecule has 1 aromatic heterocycles. The molecule has 190 valence electrons. The summed E-state index contributed by atoms with van der Waals surface area (Å²) in [6.45, 7) is 0. The zero-order valence-electron chi connectivity index (χ0n) is 20.8. The molecule has 2 N–H and O–H groups in total. The highest BCUT2D eigenvalue weighted by molar-refractivity contribution is 6.10. The van der Waals surface area contributed by atoms with Gasteiger partial charge < -0.3 is 14.5 Å². The maximum atomic E-state index is 13.3. The molecule has 1 amide bonds. The van der Waals surface area contributed by atoms with Gasteiger partial charge in [0.15, 0.2) is 0 Å². The van der Waals surface area contributed by atoms with Gasteiger partial charge in [0.05, 0.1) is 30.0 Å². The Kier molecular flexibility index (Phi) is 7.15. The molecule has 39 heavy (non-hydrogen) atoms. The molecule has 0 bridgehead atoms. The van der Waals surface area contributed by atoms with E-state index in [1.165, 1.54) is 13.3 Å². The van der Waals surface area contributed by atoms with Gasteiger partial charge in [-0.3, -0.25) is 4.79 Å². The van der Waals surface area contributed by atoms with E-state index >= 15 is 0 Å². The number of nitrogens with zero attached hydrogens (tertiary/aromatic N) is 2. The molecule has 8 nitrogen and oxygen atoms in total. The molecule has 0 unspecified atom stereocenters. The molecule has 0 saturated heterocycles. The SMILES string of the molecule is COc1cccc(C(=O)Oc2ccccc2C=NNC(=O)c2[nH]c3c(C#N)cccc3c2-c2ccccc2)c1. The van der Waals surface area contributed by atoms with Crippen molar-refractivity contribution in [1.82, 2.24) is 10.4 Å². The quantitative estimate of drug-likeness (QED) is 0.125. The number of para-hydroxylation sites is 2. The fraction of sp³-hybridized carbons (Fsp3) is 0.0323. The smallest absolute Gasteiger partial charge is 0.343 e. The van der Waals surface area contributed by atoms with Gasteiger partial charge in [0.25, 0.3) is 5.91 Å². The van der Waals surface area contributed by atoms with E-state index in [4.69, 9.17) is 9.47 Å². The van der Waals surface area contributed by atoms with Crippen LogP contribution in [0.15, 0.2) is 102 Å². The number of benzene rings is 4. The van der Waals surface area contributed by atoms with Crippen LogP contribution in [0.25, 0.3) is 22.0 Å². The summed E-state index contributed by atoms with van der Waals surface area (Å²) in [5.74, 6) is -0.234. The summed E-state index contributed by atoms with van der Waals surface area (Å²) in [5, 5.41) is 14.4. The minimum absolute atomic E-state index is 0.272. The first-order valence-electron chi connectivity index (χ1n) is 12.0.